The first-order valence-electron chi connectivity index (χ1n) is 7.26. The summed E-state index contributed by atoms with van der Waals surface area (Å²) >= 11 is 5.88. The summed E-state index contributed by atoms with van der Waals surface area (Å²) in [6.45, 7) is 1.87. The molecule has 0 bridgehead atoms. The summed E-state index contributed by atoms with van der Waals surface area (Å²) in [5, 5.41) is 0.638. The highest BCUT2D eigenvalue weighted by Crippen LogP contribution is 2.31. The predicted octanol–water partition coefficient (Wildman–Crippen LogP) is 2.69. The molecule has 0 amide bonds. The molecule has 0 spiro atoms. The van der Waals surface area contributed by atoms with Crippen LogP contribution in [-0.2, 0) is 14.9 Å². The minimum Gasteiger partial charge on any atom is -0.381 e. The van der Waals surface area contributed by atoms with E-state index in [4.69, 9.17) is 16.3 Å². The first kappa shape index (κ1) is 17.7. The number of ether oxygens (including phenoxy) is 1. The maximum atomic E-state index is 12.7. The molecule has 124 valence electrons. The van der Waals surface area contributed by atoms with Crippen LogP contribution in [0.3, 0.4) is 0 Å². The van der Waals surface area contributed by atoms with Gasteiger partial charge in [0.2, 0.25) is 0 Å². The Hall–Kier alpha value is -0.660. The van der Waals surface area contributed by atoms with E-state index in [0.29, 0.717) is 5.02 Å². The summed E-state index contributed by atoms with van der Waals surface area (Å²) < 4.78 is 33.5. The number of benzene rings is 1. The average molecular weight is 347 g/mol. The number of nitrogens with zero attached hydrogens (tertiary/aromatic N) is 2. The van der Waals surface area contributed by atoms with Crippen molar-refractivity contribution >= 4 is 21.8 Å². The van der Waals surface area contributed by atoms with E-state index in [9.17, 15) is 8.42 Å². The van der Waals surface area contributed by atoms with E-state index in [1.165, 1.54) is 8.61 Å². The van der Waals surface area contributed by atoms with E-state index >= 15 is 0 Å². The zero-order chi connectivity index (χ0) is 16.5. The smallest absolute Gasteiger partial charge is 0.282 e. The Bertz CT molecular complexity index is 600. The summed E-state index contributed by atoms with van der Waals surface area (Å²) in [6, 6.07) is 6.99. The topological polar surface area (TPSA) is 49.9 Å². The molecule has 1 aliphatic rings. The zero-order valence-corrected chi connectivity index (χ0v) is 14.9. The predicted molar refractivity (Wildman–Crippen MR) is 88.1 cm³/mol. The van der Waals surface area contributed by atoms with E-state index in [2.05, 4.69) is 0 Å². The fraction of sp³-hybridized carbons (Fsp3) is 0.600. The van der Waals surface area contributed by atoms with Gasteiger partial charge in [-0.2, -0.15) is 17.0 Å². The lowest BCUT2D eigenvalue weighted by Gasteiger charge is -2.41. The Morgan fingerprint density at radius 1 is 1.23 bits per heavy atom. The molecule has 0 saturated heterocycles. The second-order valence-electron chi connectivity index (χ2n) is 5.75. The fourth-order valence-electron chi connectivity index (χ4n) is 2.57. The highest BCUT2D eigenvalue weighted by Gasteiger charge is 2.39. The molecular formula is C15H23ClN2O3S. The molecule has 1 atom stereocenters. The van der Waals surface area contributed by atoms with Gasteiger partial charge < -0.3 is 4.74 Å². The van der Waals surface area contributed by atoms with Crippen molar-refractivity contribution in [1.29, 1.82) is 0 Å². The van der Waals surface area contributed by atoms with Crippen LogP contribution in [0.4, 0.5) is 0 Å². The third kappa shape index (κ3) is 3.46. The highest BCUT2D eigenvalue weighted by molar-refractivity contribution is 7.86. The lowest BCUT2D eigenvalue weighted by Crippen LogP contribution is -2.52. The standard InChI is InChI=1S/C15H23ClN2O3S/c1-11(12-5-7-13(16)8-6-12)17(2)22(19,20)18(3)14-9-15(10-14)21-4/h5-8,11,14-15H,9-10H2,1-4H3/t11-,14?,15?/m0/s1. The van der Waals surface area contributed by atoms with Gasteiger partial charge in [-0.1, -0.05) is 23.7 Å². The van der Waals surface area contributed by atoms with E-state index < -0.39 is 10.2 Å². The number of methoxy groups -OCH3 is 1. The van der Waals surface area contributed by atoms with Crippen molar-refractivity contribution in [2.45, 2.75) is 38.0 Å². The molecule has 7 heteroatoms. The second-order valence-corrected chi connectivity index (χ2v) is 8.23. The van der Waals surface area contributed by atoms with E-state index in [1.807, 2.05) is 19.1 Å². The summed E-state index contributed by atoms with van der Waals surface area (Å²) in [5.74, 6) is 0. The maximum absolute atomic E-state index is 12.7. The van der Waals surface area contributed by atoms with Crippen LogP contribution in [0.15, 0.2) is 24.3 Å². The van der Waals surface area contributed by atoms with Gasteiger partial charge in [-0.25, -0.2) is 0 Å². The van der Waals surface area contributed by atoms with Crippen molar-refractivity contribution in [2.24, 2.45) is 0 Å². The Balaban J connectivity index is 2.09. The van der Waals surface area contributed by atoms with Crippen LogP contribution in [0.5, 0.6) is 0 Å². The molecule has 0 radical (unpaired) electrons. The zero-order valence-electron chi connectivity index (χ0n) is 13.4. The lowest BCUT2D eigenvalue weighted by molar-refractivity contribution is -0.000705. The van der Waals surface area contributed by atoms with E-state index in [1.54, 1.807) is 33.3 Å². The third-order valence-electron chi connectivity index (χ3n) is 4.54. The Morgan fingerprint density at radius 2 is 1.77 bits per heavy atom. The second kappa shape index (κ2) is 6.84. The van der Waals surface area contributed by atoms with Crippen LogP contribution < -0.4 is 0 Å². The van der Waals surface area contributed by atoms with Crippen LogP contribution in [-0.4, -0.2) is 50.4 Å². The van der Waals surface area contributed by atoms with E-state index in [-0.39, 0.29) is 18.2 Å². The molecule has 1 aliphatic carbocycles. The van der Waals surface area contributed by atoms with Gasteiger partial charge in [0, 0.05) is 38.3 Å². The molecule has 0 aromatic heterocycles. The van der Waals surface area contributed by atoms with Gasteiger partial charge in [0.15, 0.2) is 0 Å². The van der Waals surface area contributed by atoms with Crippen LogP contribution in [0.2, 0.25) is 5.02 Å². The summed E-state index contributed by atoms with van der Waals surface area (Å²) in [7, 11) is 1.39. The third-order valence-corrected chi connectivity index (χ3v) is 6.87. The quantitative estimate of drug-likeness (QED) is 0.795. The maximum Gasteiger partial charge on any atom is 0.282 e. The normalized spacial score (nSPS) is 23.6. The van der Waals surface area contributed by atoms with E-state index in [0.717, 1.165) is 18.4 Å². The van der Waals surface area contributed by atoms with Gasteiger partial charge in [0.25, 0.3) is 10.2 Å². The number of hydrogen-bond acceptors (Lipinski definition) is 3. The fourth-order valence-corrected chi connectivity index (χ4v) is 4.17. The SMILES string of the molecule is COC1CC(N(C)S(=O)(=O)N(C)[C@@H](C)c2ccc(Cl)cc2)C1. The number of halogens is 1. The molecule has 2 rings (SSSR count). The van der Waals surface area contributed by atoms with Crippen LogP contribution in [0, 0.1) is 0 Å². The molecule has 0 aliphatic heterocycles. The molecule has 0 N–H and O–H groups in total. The van der Waals surface area contributed by atoms with Crippen LogP contribution in [0.25, 0.3) is 0 Å². The number of rotatable bonds is 6. The van der Waals surface area contributed by atoms with Gasteiger partial charge in [0.1, 0.15) is 0 Å². The molecule has 5 nitrogen and oxygen atoms in total. The van der Waals surface area contributed by atoms with Gasteiger partial charge in [-0.05, 0) is 37.5 Å². The molecule has 1 fully saturated rings. The first-order chi connectivity index (χ1) is 10.3. The van der Waals surface area contributed by atoms with Crippen molar-refractivity contribution < 1.29 is 13.2 Å². The Labute approximate surface area is 138 Å². The van der Waals surface area contributed by atoms with Crippen molar-refractivity contribution in [3.05, 3.63) is 34.9 Å². The molecule has 1 aromatic carbocycles. The molecular weight excluding hydrogens is 324 g/mol. The molecule has 1 saturated carbocycles. The molecule has 0 heterocycles. The summed E-state index contributed by atoms with van der Waals surface area (Å²) in [6.07, 6.45) is 1.66. The Kier molecular flexibility index (Phi) is 5.50. The van der Waals surface area contributed by atoms with Gasteiger partial charge in [0.05, 0.1) is 6.10 Å². The van der Waals surface area contributed by atoms with Crippen molar-refractivity contribution in [3.8, 4) is 0 Å². The minimum atomic E-state index is -3.51. The highest BCUT2D eigenvalue weighted by atomic mass is 35.5. The van der Waals surface area contributed by atoms with Crippen molar-refractivity contribution in [3.63, 3.8) is 0 Å². The summed E-state index contributed by atoms with van der Waals surface area (Å²) in [4.78, 5) is 0. The number of hydrogen-bond donors (Lipinski definition) is 0. The van der Waals surface area contributed by atoms with Crippen LogP contribution in [0.1, 0.15) is 31.4 Å². The minimum absolute atomic E-state index is 0.00909. The molecule has 22 heavy (non-hydrogen) atoms. The Morgan fingerprint density at radius 3 is 2.27 bits per heavy atom. The van der Waals surface area contributed by atoms with Gasteiger partial charge in [-0.15, -0.1) is 0 Å². The molecule has 0 unspecified atom stereocenters. The monoisotopic (exact) mass is 346 g/mol. The first-order valence-corrected chi connectivity index (χ1v) is 9.04. The van der Waals surface area contributed by atoms with Gasteiger partial charge >= 0.3 is 0 Å². The van der Waals surface area contributed by atoms with Crippen LogP contribution >= 0.6 is 11.6 Å². The van der Waals surface area contributed by atoms with Crippen molar-refractivity contribution in [2.75, 3.05) is 21.2 Å². The summed E-state index contributed by atoms with van der Waals surface area (Å²) in [5.41, 5.74) is 0.909. The molecule has 1 aromatic rings. The van der Waals surface area contributed by atoms with Gasteiger partial charge in [-0.3, -0.25) is 0 Å². The largest absolute Gasteiger partial charge is 0.381 e. The lowest BCUT2D eigenvalue weighted by atomic mass is 9.89. The van der Waals surface area contributed by atoms with Crippen molar-refractivity contribution in [1.82, 2.24) is 8.61 Å². The average Bonchev–Trinajstić information content (AvgIpc) is 2.45.